The maximum absolute atomic E-state index is 12.4. The lowest BCUT2D eigenvalue weighted by atomic mass is 10.1. The van der Waals surface area contributed by atoms with Crippen molar-refractivity contribution >= 4 is 11.6 Å². The van der Waals surface area contributed by atoms with Crippen LogP contribution in [-0.4, -0.2) is 29.4 Å². The van der Waals surface area contributed by atoms with Gasteiger partial charge in [-0.15, -0.1) is 0 Å². The van der Waals surface area contributed by atoms with Gasteiger partial charge in [0.1, 0.15) is 5.75 Å². The lowest BCUT2D eigenvalue weighted by molar-refractivity contribution is 0.0783. The number of aromatic nitrogens is 1. The Bertz CT molecular complexity index is 614. The van der Waals surface area contributed by atoms with E-state index in [1.54, 1.807) is 36.3 Å². The summed E-state index contributed by atoms with van der Waals surface area (Å²) in [7, 11) is 1.74. The van der Waals surface area contributed by atoms with Crippen LogP contribution in [0.3, 0.4) is 0 Å². The predicted molar refractivity (Wildman–Crippen MR) is 82.1 cm³/mol. The average molecular weight is 285 g/mol. The van der Waals surface area contributed by atoms with Crippen LogP contribution in [0.25, 0.3) is 0 Å². The van der Waals surface area contributed by atoms with Gasteiger partial charge in [-0.05, 0) is 31.2 Å². The van der Waals surface area contributed by atoms with Crippen molar-refractivity contribution in [2.45, 2.75) is 13.5 Å². The second kappa shape index (κ2) is 6.74. The van der Waals surface area contributed by atoms with E-state index >= 15 is 0 Å². The lowest BCUT2D eigenvalue weighted by Crippen LogP contribution is -2.26. The third-order valence-electron chi connectivity index (χ3n) is 2.96. The molecule has 2 rings (SSSR count). The summed E-state index contributed by atoms with van der Waals surface area (Å²) in [5, 5.41) is 0. The molecule has 0 aliphatic carbocycles. The summed E-state index contributed by atoms with van der Waals surface area (Å²) >= 11 is 0. The van der Waals surface area contributed by atoms with Gasteiger partial charge < -0.3 is 15.4 Å². The van der Waals surface area contributed by atoms with Crippen molar-refractivity contribution in [2.24, 2.45) is 0 Å². The average Bonchev–Trinajstić information content (AvgIpc) is 2.47. The SMILES string of the molecule is CCOc1cc(N)cc(C(=O)N(C)Cc2ccccn2)c1. The third-order valence-corrected chi connectivity index (χ3v) is 2.96. The molecule has 0 saturated carbocycles. The molecule has 0 atom stereocenters. The van der Waals surface area contributed by atoms with Crippen molar-refractivity contribution in [3.8, 4) is 5.75 Å². The fourth-order valence-electron chi connectivity index (χ4n) is 2.02. The van der Waals surface area contributed by atoms with Crippen molar-refractivity contribution < 1.29 is 9.53 Å². The Balaban J connectivity index is 2.15. The summed E-state index contributed by atoms with van der Waals surface area (Å²) in [6.45, 7) is 2.86. The molecular formula is C16H19N3O2. The van der Waals surface area contributed by atoms with Gasteiger partial charge in [0.05, 0.1) is 18.8 Å². The number of benzene rings is 1. The number of pyridine rings is 1. The van der Waals surface area contributed by atoms with Gasteiger partial charge in [-0.2, -0.15) is 0 Å². The molecule has 2 aromatic rings. The molecule has 0 fully saturated rings. The van der Waals surface area contributed by atoms with E-state index in [0.717, 1.165) is 5.69 Å². The smallest absolute Gasteiger partial charge is 0.254 e. The topological polar surface area (TPSA) is 68.5 Å². The molecule has 110 valence electrons. The summed E-state index contributed by atoms with van der Waals surface area (Å²) < 4.78 is 5.41. The summed E-state index contributed by atoms with van der Waals surface area (Å²) in [5.41, 5.74) is 7.67. The first-order valence-electron chi connectivity index (χ1n) is 6.79. The second-order valence-corrected chi connectivity index (χ2v) is 4.71. The van der Waals surface area contributed by atoms with E-state index in [-0.39, 0.29) is 5.91 Å². The van der Waals surface area contributed by atoms with E-state index in [4.69, 9.17) is 10.5 Å². The summed E-state index contributed by atoms with van der Waals surface area (Å²) in [6, 6.07) is 10.7. The van der Waals surface area contributed by atoms with E-state index in [1.807, 2.05) is 25.1 Å². The van der Waals surface area contributed by atoms with Crippen molar-refractivity contribution in [2.75, 3.05) is 19.4 Å². The number of nitrogen functional groups attached to an aromatic ring is 1. The van der Waals surface area contributed by atoms with Crippen LogP contribution in [0, 0.1) is 0 Å². The Morgan fingerprint density at radius 2 is 2.14 bits per heavy atom. The molecule has 0 radical (unpaired) electrons. The Morgan fingerprint density at radius 1 is 1.33 bits per heavy atom. The van der Waals surface area contributed by atoms with Crippen LogP contribution in [0.4, 0.5) is 5.69 Å². The van der Waals surface area contributed by atoms with E-state index in [1.165, 1.54) is 0 Å². The Morgan fingerprint density at radius 3 is 2.81 bits per heavy atom. The highest BCUT2D eigenvalue weighted by molar-refractivity contribution is 5.95. The molecule has 0 bridgehead atoms. The van der Waals surface area contributed by atoms with Gasteiger partial charge in [-0.25, -0.2) is 0 Å². The molecular weight excluding hydrogens is 266 g/mol. The van der Waals surface area contributed by atoms with Gasteiger partial charge in [0.15, 0.2) is 0 Å². The van der Waals surface area contributed by atoms with E-state index in [0.29, 0.717) is 30.2 Å². The maximum atomic E-state index is 12.4. The third kappa shape index (κ3) is 3.95. The van der Waals surface area contributed by atoms with Gasteiger partial charge in [-0.1, -0.05) is 6.07 Å². The van der Waals surface area contributed by atoms with Crippen LogP contribution < -0.4 is 10.5 Å². The number of carbonyl (C=O) groups is 1. The fraction of sp³-hybridized carbons (Fsp3) is 0.250. The lowest BCUT2D eigenvalue weighted by Gasteiger charge is -2.17. The van der Waals surface area contributed by atoms with Gasteiger partial charge in [-0.3, -0.25) is 9.78 Å². The van der Waals surface area contributed by atoms with Crippen molar-refractivity contribution in [1.29, 1.82) is 0 Å². The predicted octanol–water partition coefficient (Wildman–Crippen LogP) is 2.33. The molecule has 0 saturated heterocycles. The number of carbonyl (C=O) groups excluding carboxylic acids is 1. The fourth-order valence-corrected chi connectivity index (χ4v) is 2.02. The van der Waals surface area contributed by atoms with Crippen LogP contribution in [0.2, 0.25) is 0 Å². The highest BCUT2D eigenvalue weighted by atomic mass is 16.5. The van der Waals surface area contributed by atoms with Crippen LogP contribution in [0.15, 0.2) is 42.6 Å². The monoisotopic (exact) mass is 285 g/mol. The number of anilines is 1. The highest BCUT2D eigenvalue weighted by Gasteiger charge is 2.14. The molecule has 0 aliphatic rings. The number of rotatable bonds is 5. The molecule has 0 unspecified atom stereocenters. The van der Waals surface area contributed by atoms with Crippen molar-refractivity contribution in [3.63, 3.8) is 0 Å². The minimum atomic E-state index is -0.117. The minimum Gasteiger partial charge on any atom is -0.494 e. The number of hydrogen-bond donors (Lipinski definition) is 1. The molecule has 1 heterocycles. The second-order valence-electron chi connectivity index (χ2n) is 4.71. The number of nitrogens with two attached hydrogens (primary N) is 1. The minimum absolute atomic E-state index is 0.117. The Kier molecular flexibility index (Phi) is 4.77. The zero-order chi connectivity index (χ0) is 15.2. The molecule has 2 N–H and O–H groups in total. The molecule has 1 aromatic heterocycles. The quantitative estimate of drug-likeness (QED) is 0.856. The number of hydrogen-bond acceptors (Lipinski definition) is 4. The van der Waals surface area contributed by atoms with E-state index in [9.17, 15) is 4.79 Å². The molecule has 5 heteroatoms. The molecule has 1 aromatic carbocycles. The highest BCUT2D eigenvalue weighted by Crippen LogP contribution is 2.20. The van der Waals surface area contributed by atoms with Crippen LogP contribution in [0.1, 0.15) is 23.0 Å². The zero-order valence-electron chi connectivity index (χ0n) is 12.2. The standard InChI is InChI=1S/C16H19N3O2/c1-3-21-15-9-12(8-13(17)10-15)16(20)19(2)11-14-6-4-5-7-18-14/h4-10H,3,11,17H2,1-2H3. The summed E-state index contributed by atoms with van der Waals surface area (Å²) in [6.07, 6.45) is 1.71. The van der Waals surface area contributed by atoms with Crippen LogP contribution in [0.5, 0.6) is 5.75 Å². The zero-order valence-corrected chi connectivity index (χ0v) is 12.2. The molecule has 21 heavy (non-hydrogen) atoms. The van der Waals surface area contributed by atoms with Crippen LogP contribution in [-0.2, 0) is 6.54 Å². The molecule has 5 nitrogen and oxygen atoms in total. The number of amides is 1. The first-order valence-corrected chi connectivity index (χ1v) is 6.79. The first kappa shape index (κ1) is 14.8. The first-order chi connectivity index (χ1) is 10.1. The molecule has 0 aliphatic heterocycles. The maximum Gasteiger partial charge on any atom is 0.254 e. The molecule has 1 amide bonds. The van der Waals surface area contributed by atoms with Gasteiger partial charge in [0.25, 0.3) is 5.91 Å². The molecule has 0 spiro atoms. The summed E-state index contributed by atoms with van der Waals surface area (Å²) in [5.74, 6) is 0.487. The van der Waals surface area contributed by atoms with Crippen molar-refractivity contribution in [3.05, 3.63) is 53.9 Å². The van der Waals surface area contributed by atoms with Crippen molar-refractivity contribution in [1.82, 2.24) is 9.88 Å². The number of nitrogens with zero attached hydrogens (tertiary/aromatic N) is 2. The summed E-state index contributed by atoms with van der Waals surface area (Å²) in [4.78, 5) is 18.3. The van der Waals surface area contributed by atoms with E-state index in [2.05, 4.69) is 4.98 Å². The van der Waals surface area contributed by atoms with E-state index < -0.39 is 0 Å². The largest absolute Gasteiger partial charge is 0.494 e. The van der Waals surface area contributed by atoms with Gasteiger partial charge in [0.2, 0.25) is 0 Å². The number of ether oxygens (including phenoxy) is 1. The normalized spacial score (nSPS) is 10.2. The van der Waals surface area contributed by atoms with Gasteiger partial charge in [0, 0.05) is 30.6 Å². The van der Waals surface area contributed by atoms with Gasteiger partial charge >= 0.3 is 0 Å². The Hall–Kier alpha value is -2.56. The Labute approximate surface area is 124 Å². The van der Waals surface area contributed by atoms with Crippen LogP contribution >= 0.6 is 0 Å².